The van der Waals surface area contributed by atoms with Crippen molar-refractivity contribution in [3.8, 4) is 0 Å². The maximum absolute atomic E-state index is 11.5. The Morgan fingerprint density at radius 1 is 1.00 bits per heavy atom. The van der Waals surface area contributed by atoms with E-state index in [1.165, 1.54) is 0 Å². The molecule has 0 heterocycles. The smallest absolute Gasteiger partial charge is 0.209 e. The summed E-state index contributed by atoms with van der Waals surface area (Å²) in [7, 11) is -3.30. The van der Waals surface area contributed by atoms with Gasteiger partial charge in [-0.05, 0) is 11.1 Å². The zero-order valence-electron chi connectivity index (χ0n) is 11.9. The third kappa shape index (κ3) is 5.67. The van der Waals surface area contributed by atoms with Gasteiger partial charge in [0, 0.05) is 0 Å². The first-order chi connectivity index (χ1) is 10.0. The van der Waals surface area contributed by atoms with Crippen molar-refractivity contribution >= 4 is 10.0 Å². The van der Waals surface area contributed by atoms with Crippen molar-refractivity contribution in [1.82, 2.24) is 4.72 Å². The van der Waals surface area contributed by atoms with Crippen LogP contribution in [0.5, 0.6) is 0 Å². The molecule has 21 heavy (non-hydrogen) atoms. The van der Waals surface area contributed by atoms with E-state index < -0.39 is 10.0 Å². The fourth-order valence-corrected chi connectivity index (χ4v) is 2.73. The van der Waals surface area contributed by atoms with Crippen molar-refractivity contribution in [2.45, 2.75) is 12.6 Å². The number of ether oxygens (including phenoxy) is 1. The fraction of sp³-hybridized carbons (Fsp3) is 0.250. The van der Waals surface area contributed by atoms with Crippen LogP contribution in [0.25, 0.3) is 0 Å². The summed E-state index contributed by atoms with van der Waals surface area (Å²) in [6.45, 7) is 0.738. The second kappa shape index (κ2) is 7.36. The second-order valence-electron chi connectivity index (χ2n) is 4.85. The summed E-state index contributed by atoms with van der Waals surface area (Å²) in [5, 5.41) is 0. The van der Waals surface area contributed by atoms with Crippen LogP contribution in [0.15, 0.2) is 60.7 Å². The highest BCUT2D eigenvalue weighted by Crippen LogP contribution is 2.15. The summed E-state index contributed by atoms with van der Waals surface area (Å²) >= 11 is 0. The Morgan fingerprint density at radius 2 is 1.57 bits per heavy atom. The van der Waals surface area contributed by atoms with Gasteiger partial charge in [0.05, 0.1) is 25.5 Å². The molecule has 0 bridgehead atoms. The molecule has 112 valence electrons. The van der Waals surface area contributed by atoms with Gasteiger partial charge in [-0.2, -0.15) is 0 Å². The molecule has 1 atom stereocenters. The van der Waals surface area contributed by atoms with E-state index in [4.69, 9.17) is 4.74 Å². The maximum atomic E-state index is 11.5. The molecule has 0 aliphatic heterocycles. The lowest BCUT2D eigenvalue weighted by molar-refractivity contribution is 0.104. The molecule has 0 unspecified atom stereocenters. The molecule has 0 fully saturated rings. The summed E-state index contributed by atoms with van der Waals surface area (Å²) in [5.74, 6) is 0. The molecule has 0 aliphatic carbocycles. The van der Waals surface area contributed by atoms with Gasteiger partial charge >= 0.3 is 0 Å². The number of benzene rings is 2. The number of nitrogens with one attached hydrogen (secondary N) is 1. The highest BCUT2D eigenvalue weighted by molar-refractivity contribution is 7.88. The Labute approximate surface area is 125 Å². The van der Waals surface area contributed by atoms with Crippen LogP contribution in [0.2, 0.25) is 0 Å². The Kier molecular flexibility index (Phi) is 5.50. The van der Waals surface area contributed by atoms with Crippen LogP contribution in [0.1, 0.15) is 17.2 Å². The summed E-state index contributed by atoms with van der Waals surface area (Å²) in [4.78, 5) is 0. The van der Waals surface area contributed by atoms with Gasteiger partial charge in [0.15, 0.2) is 0 Å². The molecular weight excluding hydrogens is 286 g/mol. The van der Waals surface area contributed by atoms with Crippen molar-refractivity contribution in [1.29, 1.82) is 0 Å². The first kappa shape index (κ1) is 15.7. The Balaban J connectivity index is 2.00. The standard InChI is InChI=1S/C16H19NO3S/c1-21(18,19)17-16(15-10-6-3-7-11-15)13-20-12-14-8-4-2-5-9-14/h2-11,16-17H,12-13H2,1H3/t16-/m0/s1. The minimum absolute atomic E-state index is 0.284. The van der Waals surface area contributed by atoms with Crippen molar-refractivity contribution in [2.24, 2.45) is 0 Å². The minimum atomic E-state index is -3.30. The number of hydrogen-bond donors (Lipinski definition) is 1. The normalized spacial score (nSPS) is 13.0. The lowest BCUT2D eigenvalue weighted by Crippen LogP contribution is -2.30. The van der Waals surface area contributed by atoms with Crippen LogP contribution in [-0.4, -0.2) is 21.3 Å². The van der Waals surface area contributed by atoms with Gasteiger partial charge in [-0.15, -0.1) is 0 Å². The molecule has 4 nitrogen and oxygen atoms in total. The molecule has 0 amide bonds. The third-order valence-electron chi connectivity index (χ3n) is 2.95. The Hall–Kier alpha value is -1.69. The predicted molar refractivity (Wildman–Crippen MR) is 83.3 cm³/mol. The van der Waals surface area contributed by atoms with Crippen LogP contribution in [0, 0.1) is 0 Å². The van der Waals surface area contributed by atoms with E-state index in [1.54, 1.807) is 0 Å². The molecule has 0 spiro atoms. The van der Waals surface area contributed by atoms with Crippen LogP contribution in [0.3, 0.4) is 0 Å². The average molecular weight is 305 g/mol. The predicted octanol–water partition coefficient (Wildman–Crippen LogP) is 2.49. The molecule has 0 aromatic heterocycles. The number of hydrogen-bond acceptors (Lipinski definition) is 3. The topological polar surface area (TPSA) is 55.4 Å². The second-order valence-corrected chi connectivity index (χ2v) is 6.63. The molecule has 0 aliphatic rings. The molecule has 1 N–H and O–H groups in total. The van der Waals surface area contributed by atoms with Gasteiger partial charge in [0.1, 0.15) is 0 Å². The molecule has 0 saturated carbocycles. The van der Waals surface area contributed by atoms with Gasteiger partial charge in [0.2, 0.25) is 10.0 Å². The SMILES string of the molecule is CS(=O)(=O)N[C@@H](COCc1ccccc1)c1ccccc1. The van der Waals surface area contributed by atoms with E-state index in [0.29, 0.717) is 6.61 Å². The Bertz CT molecular complexity index is 642. The van der Waals surface area contributed by atoms with Crippen molar-refractivity contribution in [3.05, 3.63) is 71.8 Å². The number of sulfonamides is 1. The minimum Gasteiger partial charge on any atom is -0.375 e. The van der Waals surface area contributed by atoms with Crippen molar-refractivity contribution in [3.63, 3.8) is 0 Å². The fourth-order valence-electron chi connectivity index (χ4n) is 2.01. The highest BCUT2D eigenvalue weighted by Gasteiger charge is 2.16. The lowest BCUT2D eigenvalue weighted by atomic mass is 10.1. The molecule has 2 aromatic carbocycles. The maximum Gasteiger partial charge on any atom is 0.209 e. The molecule has 5 heteroatoms. The largest absolute Gasteiger partial charge is 0.375 e. The monoisotopic (exact) mass is 305 g/mol. The quantitative estimate of drug-likeness (QED) is 0.855. The van der Waals surface area contributed by atoms with E-state index in [2.05, 4.69) is 4.72 Å². The van der Waals surface area contributed by atoms with Crippen LogP contribution >= 0.6 is 0 Å². The van der Waals surface area contributed by atoms with Gasteiger partial charge in [-0.1, -0.05) is 60.7 Å². The van der Waals surface area contributed by atoms with Crippen molar-refractivity contribution < 1.29 is 13.2 Å². The molecule has 0 radical (unpaired) electrons. The zero-order chi connectivity index (χ0) is 15.1. The third-order valence-corrected chi connectivity index (χ3v) is 3.67. The van der Waals surface area contributed by atoms with Crippen LogP contribution < -0.4 is 4.72 Å². The van der Waals surface area contributed by atoms with E-state index >= 15 is 0 Å². The van der Waals surface area contributed by atoms with E-state index in [9.17, 15) is 8.42 Å². The first-order valence-electron chi connectivity index (χ1n) is 6.68. The summed E-state index contributed by atoms with van der Waals surface area (Å²) < 4.78 is 31.2. The average Bonchev–Trinajstić information content (AvgIpc) is 2.47. The summed E-state index contributed by atoms with van der Waals surface area (Å²) in [6.07, 6.45) is 1.15. The molecule has 2 rings (SSSR count). The number of rotatable bonds is 7. The van der Waals surface area contributed by atoms with Crippen LogP contribution in [0.4, 0.5) is 0 Å². The van der Waals surface area contributed by atoms with Gasteiger partial charge in [0.25, 0.3) is 0 Å². The zero-order valence-corrected chi connectivity index (χ0v) is 12.7. The van der Waals surface area contributed by atoms with E-state index in [1.807, 2.05) is 60.7 Å². The Morgan fingerprint density at radius 3 is 2.14 bits per heavy atom. The van der Waals surface area contributed by atoms with Gasteiger partial charge in [-0.3, -0.25) is 0 Å². The lowest BCUT2D eigenvalue weighted by Gasteiger charge is -2.18. The first-order valence-corrected chi connectivity index (χ1v) is 8.57. The summed E-state index contributed by atoms with van der Waals surface area (Å²) in [6, 6.07) is 18.8. The van der Waals surface area contributed by atoms with E-state index in [-0.39, 0.29) is 12.6 Å². The van der Waals surface area contributed by atoms with Crippen LogP contribution in [-0.2, 0) is 21.4 Å². The molecular formula is C16H19NO3S. The summed E-state index contributed by atoms with van der Waals surface area (Å²) in [5.41, 5.74) is 1.94. The van der Waals surface area contributed by atoms with E-state index in [0.717, 1.165) is 17.4 Å². The van der Waals surface area contributed by atoms with Gasteiger partial charge < -0.3 is 4.74 Å². The molecule has 0 saturated heterocycles. The van der Waals surface area contributed by atoms with Gasteiger partial charge in [-0.25, -0.2) is 13.1 Å². The highest BCUT2D eigenvalue weighted by atomic mass is 32.2. The van der Waals surface area contributed by atoms with Crippen molar-refractivity contribution in [2.75, 3.05) is 12.9 Å². The molecule has 2 aromatic rings.